The number of aryl methyl sites for hydroxylation is 2. The van der Waals surface area contributed by atoms with Crippen molar-refractivity contribution in [1.29, 1.82) is 0 Å². The van der Waals surface area contributed by atoms with Gasteiger partial charge in [0.1, 0.15) is 5.75 Å². The highest BCUT2D eigenvalue weighted by Gasteiger charge is 2.34. The third-order valence-electron chi connectivity index (χ3n) is 6.58. The lowest BCUT2D eigenvalue weighted by Gasteiger charge is -2.38. The Balaban J connectivity index is 2.57. The van der Waals surface area contributed by atoms with E-state index in [1.165, 1.54) is 5.01 Å². The predicted molar refractivity (Wildman–Crippen MR) is 139 cm³/mol. The molecule has 0 radical (unpaired) electrons. The molecule has 0 aromatic heterocycles. The fourth-order valence-corrected chi connectivity index (χ4v) is 4.64. The lowest BCUT2D eigenvalue weighted by molar-refractivity contribution is 0.0401. The van der Waals surface area contributed by atoms with Crippen LogP contribution >= 0.6 is 0 Å². The van der Waals surface area contributed by atoms with E-state index in [2.05, 4.69) is 33.1 Å². The highest BCUT2D eigenvalue weighted by Crippen LogP contribution is 2.31. The first-order valence-corrected chi connectivity index (χ1v) is 12.4. The lowest BCUT2D eigenvalue weighted by atomic mass is 9.78. The molecule has 186 valence electrons. The molecule has 5 heteroatoms. The number of amides is 2. The van der Waals surface area contributed by atoms with Gasteiger partial charge < -0.3 is 4.74 Å². The minimum atomic E-state index is -0.366. The first kappa shape index (κ1) is 27.6. The van der Waals surface area contributed by atoms with Crippen LogP contribution in [0.25, 0.3) is 0 Å². The fourth-order valence-electron chi connectivity index (χ4n) is 4.64. The smallest absolute Gasteiger partial charge is 0.275 e. The number of hydrazine groups is 1. The van der Waals surface area contributed by atoms with Crippen molar-refractivity contribution in [2.45, 2.75) is 86.6 Å². The zero-order valence-electron chi connectivity index (χ0n) is 22.2. The highest BCUT2D eigenvalue weighted by molar-refractivity contribution is 6.10. The van der Waals surface area contributed by atoms with E-state index >= 15 is 0 Å². The normalized spacial score (nSPS) is 12.4. The van der Waals surface area contributed by atoms with Crippen LogP contribution in [-0.4, -0.2) is 30.0 Å². The number of nitrogens with one attached hydrogen (secondary N) is 1. The highest BCUT2D eigenvalue weighted by atomic mass is 16.5. The minimum Gasteiger partial charge on any atom is -0.496 e. The molecule has 2 amide bonds. The van der Waals surface area contributed by atoms with Gasteiger partial charge in [-0.25, -0.2) is 10.4 Å². The molecule has 2 rings (SSSR count). The van der Waals surface area contributed by atoms with Gasteiger partial charge in [-0.15, -0.1) is 0 Å². The monoisotopic (exact) mass is 466 g/mol. The van der Waals surface area contributed by atoms with Gasteiger partial charge in [-0.1, -0.05) is 70.2 Å². The van der Waals surface area contributed by atoms with Gasteiger partial charge in [-0.2, -0.15) is 0 Å². The van der Waals surface area contributed by atoms with Gasteiger partial charge in [0.2, 0.25) is 0 Å². The number of carbonyl (C=O) groups is 2. The standard InChI is InChI=1S/C29H42N2O3/c1-9-11-15-26(29(6,7)16-10-2)30-31(27(32)23-18-20(3)17-21(4)19-23)28(33)24-13-12-14-25(34-8)22(24)5/h12-14,17-19,26,30H,9-11,15-16H2,1-8H3. The van der Waals surface area contributed by atoms with Crippen molar-refractivity contribution in [3.63, 3.8) is 0 Å². The average molecular weight is 467 g/mol. The Labute approximate surface area is 205 Å². The summed E-state index contributed by atoms with van der Waals surface area (Å²) in [6.07, 6.45) is 4.97. The largest absolute Gasteiger partial charge is 0.496 e. The third-order valence-corrected chi connectivity index (χ3v) is 6.58. The number of hydrogen-bond donors (Lipinski definition) is 1. The van der Waals surface area contributed by atoms with Gasteiger partial charge >= 0.3 is 0 Å². The molecular formula is C29H42N2O3. The Morgan fingerprint density at radius 2 is 1.65 bits per heavy atom. The molecule has 0 saturated heterocycles. The molecule has 34 heavy (non-hydrogen) atoms. The predicted octanol–water partition coefficient (Wildman–Crippen LogP) is 6.79. The van der Waals surface area contributed by atoms with Crippen LogP contribution in [0.15, 0.2) is 36.4 Å². The molecule has 2 aromatic rings. The van der Waals surface area contributed by atoms with Gasteiger partial charge in [-0.05, 0) is 63.3 Å². The lowest BCUT2D eigenvalue weighted by Crippen LogP contribution is -2.56. The Kier molecular flexibility index (Phi) is 9.87. The first-order chi connectivity index (χ1) is 16.0. The maximum Gasteiger partial charge on any atom is 0.275 e. The second-order valence-electron chi connectivity index (χ2n) is 10.0. The fraction of sp³-hybridized carbons (Fsp3) is 0.517. The summed E-state index contributed by atoms with van der Waals surface area (Å²) in [6, 6.07) is 11.0. The molecule has 0 bridgehead atoms. The number of methoxy groups -OCH3 is 1. The molecule has 0 heterocycles. The van der Waals surface area contributed by atoms with E-state index in [1.54, 1.807) is 19.2 Å². The molecular weight excluding hydrogens is 424 g/mol. The van der Waals surface area contributed by atoms with Crippen LogP contribution in [0.3, 0.4) is 0 Å². The summed E-state index contributed by atoms with van der Waals surface area (Å²) in [6.45, 7) is 14.5. The molecule has 0 aliphatic rings. The van der Waals surface area contributed by atoms with Crippen molar-refractivity contribution < 1.29 is 14.3 Å². The SMILES string of the molecule is CCCCC(NN(C(=O)c1cc(C)cc(C)c1)C(=O)c1cccc(OC)c1C)C(C)(C)CCC. The van der Waals surface area contributed by atoms with Crippen molar-refractivity contribution in [2.75, 3.05) is 7.11 Å². The number of nitrogens with zero attached hydrogens (tertiary/aromatic N) is 1. The second kappa shape index (κ2) is 12.2. The van der Waals surface area contributed by atoms with Gasteiger partial charge in [-0.3, -0.25) is 9.59 Å². The number of rotatable bonds is 11. The maximum absolute atomic E-state index is 13.9. The number of ether oxygens (including phenoxy) is 1. The van der Waals surface area contributed by atoms with Crippen LogP contribution in [0.4, 0.5) is 0 Å². The summed E-state index contributed by atoms with van der Waals surface area (Å²) in [5.74, 6) is -0.0827. The second-order valence-corrected chi connectivity index (χ2v) is 10.0. The molecule has 0 fully saturated rings. The molecule has 0 saturated carbocycles. The topological polar surface area (TPSA) is 58.6 Å². The first-order valence-electron chi connectivity index (χ1n) is 12.4. The Morgan fingerprint density at radius 3 is 2.21 bits per heavy atom. The van der Waals surface area contributed by atoms with Crippen LogP contribution in [0.5, 0.6) is 5.75 Å². The molecule has 5 nitrogen and oxygen atoms in total. The van der Waals surface area contributed by atoms with Gasteiger partial charge in [0, 0.05) is 22.7 Å². The number of carbonyl (C=O) groups excluding carboxylic acids is 2. The summed E-state index contributed by atoms with van der Waals surface area (Å²) >= 11 is 0. The molecule has 1 unspecified atom stereocenters. The van der Waals surface area contributed by atoms with E-state index in [4.69, 9.17) is 4.74 Å². The summed E-state index contributed by atoms with van der Waals surface area (Å²) < 4.78 is 5.44. The van der Waals surface area contributed by atoms with E-state index in [-0.39, 0.29) is 23.3 Å². The number of imide groups is 1. The Hall–Kier alpha value is -2.66. The molecule has 0 aliphatic carbocycles. The molecule has 1 N–H and O–H groups in total. The minimum absolute atomic E-state index is 0.0304. The molecule has 0 aliphatic heterocycles. The van der Waals surface area contributed by atoms with Crippen molar-refractivity contribution >= 4 is 11.8 Å². The maximum atomic E-state index is 13.9. The zero-order chi connectivity index (χ0) is 25.5. The summed E-state index contributed by atoms with van der Waals surface area (Å²) in [4.78, 5) is 27.7. The Bertz CT molecular complexity index is 977. The third kappa shape index (κ3) is 6.69. The van der Waals surface area contributed by atoms with E-state index in [0.717, 1.165) is 43.2 Å². The number of unbranched alkanes of at least 4 members (excludes halogenated alkanes) is 1. The van der Waals surface area contributed by atoms with Crippen molar-refractivity contribution in [3.05, 3.63) is 64.2 Å². The molecule has 2 aromatic carbocycles. The molecule has 0 spiro atoms. The number of hydrogen-bond acceptors (Lipinski definition) is 4. The van der Waals surface area contributed by atoms with Gasteiger partial charge in [0.25, 0.3) is 11.8 Å². The van der Waals surface area contributed by atoms with Crippen LogP contribution in [0.1, 0.15) is 97.2 Å². The van der Waals surface area contributed by atoms with Crippen molar-refractivity contribution in [2.24, 2.45) is 5.41 Å². The summed E-state index contributed by atoms with van der Waals surface area (Å²) in [5, 5.41) is 1.24. The van der Waals surface area contributed by atoms with Crippen LogP contribution in [0.2, 0.25) is 0 Å². The Morgan fingerprint density at radius 1 is 1.00 bits per heavy atom. The summed E-state index contributed by atoms with van der Waals surface area (Å²) in [7, 11) is 1.58. The van der Waals surface area contributed by atoms with Crippen molar-refractivity contribution in [3.8, 4) is 5.75 Å². The van der Waals surface area contributed by atoms with E-state index in [1.807, 2.05) is 45.0 Å². The van der Waals surface area contributed by atoms with Crippen LogP contribution < -0.4 is 10.2 Å². The quantitative estimate of drug-likeness (QED) is 0.292. The summed E-state index contributed by atoms with van der Waals surface area (Å²) in [5.41, 5.74) is 6.96. The van der Waals surface area contributed by atoms with Crippen LogP contribution in [0, 0.1) is 26.2 Å². The molecule has 1 atom stereocenters. The van der Waals surface area contributed by atoms with E-state index in [0.29, 0.717) is 22.4 Å². The van der Waals surface area contributed by atoms with E-state index < -0.39 is 0 Å². The van der Waals surface area contributed by atoms with Crippen molar-refractivity contribution in [1.82, 2.24) is 10.4 Å². The zero-order valence-corrected chi connectivity index (χ0v) is 22.2. The van der Waals surface area contributed by atoms with Crippen LogP contribution in [-0.2, 0) is 0 Å². The van der Waals surface area contributed by atoms with Gasteiger partial charge in [0.15, 0.2) is 0 Å². The van der Waals surface area contributed by atoms with E-state index in [9.17, 15) is 9.59 Å². The van der Waals surface area contributed by atoms with Gasteiger partial charge in [0.05, 0.1) is 7.11 Å². The number of benzene rings is 2. The average Bonchev–Trinajstić information content (AvgIpc) is 2.77.